The third-order valence-corrected chi connectivity index (χ3v) is 8.40. The van der Waals surface area contributed by atoms with Gasteiger partial charge in [-0.15, -0.1) is 11.3 Å². The molecule has 0 bridgehead atoms. The zero-order valence-electron chi connectivity index (χ0n) is 17.0. The van der Waals surface area contributed by atoms with Crippen LogP contribution in [0.1, 0.15) is 60.5 Å². The Morgan fingerprint density at radius 3 is 2.76 bits per heavy atom. The molecule has 0 radical (unpaired) electrons. The van der Waals surface area contributed by atoms with Crippen molar-refractivity contribution in [2.24, 2.45) is 23.2 Å². The lowest BCUT2D eigenvalue weighted by molar-refractivity contribution is -0.149. The maximum absolute atomic E-state index is 12.5. The SMILES string of the molecule is C[C@@H]1C(=O)O[C@H]2[C@H]1CC[C@@]1(C)Cc3sc(NC(=O)c4ccccc4)nc3[C@@H](C)[C@H]21. The molecule has 2 heterocycles. The lowest BCUT2D eigenvalue weighted by Crippen LogP contribution is -2.50. The molecule has 2 fully saturated rings. The quantitative estimate of drug-likeness (QED) is 0.732. The number of esters is 1. The standard InChI is InChI=1S/C23H26N2O3S/c1-12-15-9-10-23(3)11-16-18(13(2)17(23)19(15)28-21(12)27)24-22(29-16)25-20(26)14-7-5-4-6-8-14/h4-8,12-13,15,17,19H,9-11H2,1-3H3,(H,24,25,26)/t12-,13-,15-,17+,19-,23-/m0/s1. The molecule has 1 N–H and O–H groups in total. The van der Waals surface area contributed by atoms with Crippen molar-refractivity contribution in [3.05, 3.63) is 46.5 Å². The summed E-state index contributed by atoms with van der Waals surface area (Å²) in [5.41, 5.74) is 1.80. The first-order chi connectivity index (χ1) is 13.9. The number of nitrogens with zero attached hydrogens (tertiary/aromatic N) is 1. The van der Waals surface area contributed by atoms with Crippen LogP contribution >= 0.6 is 11.3 Å². The van der Waals surface area contributed by atoms with Crippen molar-refractivity contribution in [1.82, 2.24) is 4.98 Å². The molecule has 1 amide bonds. The third kappa shape index (κ3) is 2.91. The molecule has 2 aromatic rings. The Balaban J connectivity index is 1.44. The summed E-state index contributed by atoms with van der Waals surface area (Å²) in [7, 11) is 0. The Labute approximate surface area is 174 Å². The molecule has 6 atom stereocenters. The van der Waals surface area contributed by atoms with Crippen molar-refractivity contribution in [3.8, 4) is 0 Å². The smallest absolute Gasteiger partial charge is 0.309 e. The van der Waals surface area contributed by atoms with Crippen molar-refractivity contribution in [2.75, 3.05) is 5.32 Å². The molecule has 1 aromatic heterocycles. The number of hydrogen-bond acceptors (Lipinski definition) is 5. The highest BCUT2D eigenvalue weighted by molar-refractivity contribution is 7.15. The molecule has 5 rings (SSSR count). The Bertz CT molecular complexity index is 972. The Morgan fingerprint density at radius 2 is 2.00 bits per heavy atom. The van der Waals surface area contributed by atoms with Crippen LogP contribution in [0.3, 0.4) is 0 Å². The summed E-state index contributed by atoms with van der Waals surface area (Å²) >= 11 is 1.59. The van der Waals surface area contributed by atoms with E-state index in [4.69, 9.17) is 9.72 Å². The third-order valence-electron chi connectivity index (χ3n) is 7.41. The van der Waals surface area contributed by atoms with Crippen LogP contribution in [0.2, 0.25) is 0 Å². The highest BCUT2D eigenvalue weighted by Gasteiger charge is 2.58. The maximum Gasteiger partial charge on any atom is 0.309 e. The number of anilines is 1. The van der Waals surface area contributed by atoms with Gasteiger partial charge >= 0.3 is 5.97 Å². The van der Waals surface area contributed by atoms with Gasteiger partial charge in [0.25, 0.3) is 5.91 Å². The van der Waals surface area contributed by atoms with Gasteiger partial charge in [-0.3, -0.25) is 14.9 Å². The van der Waals surface area contributed by atoms with Crippen LogP contribution in [0.15, 0.2) is 30.3 Å². The van der Waals surface area contributed by atoms with E-state index in [9.17, 15) is 9.59 Å². The summed E-state index contributed by atoms with van der Waals surface area (Å²) in [5, 5.41) is 3.63. The minimum atomic E-state index is -0.133. The zero-order valence-corrected chi connectivity index (χ0v) is 17.8. The number of rotatable bonds is 2. The molecule has 1 saturated carbocycles. The van der Waals surface area contributed by atoms with Gasteiger partial charge in [0.05, 0.1) is 11.6 Å². The van der Waals surface area contributed by atoms with Gasteiger partial charge in [0.15, 0.2) is 5.13 Å². The van der Waals surface area contributed by atoms with Crippen LogP contribution in [0.5, 0.6) is 0 Å². The fourth-order valence-corrected chi connectivity index (χ4v) is 7.15. The van der Waals surface area contributed by atoms with Crippen LogP contribution in [0.4, 0.5) is 5.13 Å². The molecular formula is C23H26N2O3S. The van der Waals surface area contributed by atoms with E-state index < -0.39 is 0 Å². The van der Waals surface area contributed by atoms with E-state index in [1.165, 1.54) is 4.88 Å². The molecule has 3 aliphatic rings. The number of thiazole rings is 1. The van der Waals surface area contributed by atoms with Crippen molar-refractivity contribution in [3.63, 3.8) is 0 Å². The van der Waals surface area contributed by atoms with Gasteiger partial charge in [0.1, 0.15) is 6.10 Å². The number of aromatic nitrogens is 1. The van der Waals surface area contributed by atoms with Gasteiger partial charge in [-0.2, -0.15) is 0 Å². The second-order valence-corrected chi connectivity index (χ2v) is 10.3. The zero-order chi connectivity index (χ0) is 20.3. The van der Waals surface area contributed by atoms with Crippen molar-refractivity contribution < 1.29 is 14.3 Å². The van der Waals surface area contributed by atoms with E-state index in [2.05, 4.69) is 19.2 Å². The van der Waals surface area contributed by atoms with Crippen LogP contribution in [-0.4, -0.2) is 23.0 Å². The van der Waals surface area contributed by atoms with Crippen molar-refractivity contribution in [1.29, 1.82) is 0 Å². The molecular weight excluding hydrogens is 384 g/mol. The average Bonchev–Trinajstić information content (AvgIpc) is 3.22. The van der Waals surface area contributed by atoms with Crippen molar-refractivity contribution >= 4 is 28.3 Å². The number of fused-ring (bicyclic) bond motifs is 4. The molecule has 29 heavy (non-hydrogen) atoms. The van der Waals surface area contributed by atoms with Gasteiger partial charge in [-0.25, -0.2) is 4.98 Å². The summed E-state index contributed by atoms with van der Waals surface area (Å²) in [6.45, 7) is 6.56. The van der Waals surface area contributed by atoms with E-state index in [-0.39, 0.29) is 41.1 Å². The molecule has 152 valence electrons. The summed E-state index contributed by atoms with van der Waals surface area (Å²) in [5.74, 6) is 0.619. The first-order valence-corrected chi connectivity index (χ1v) is 11.3. The van der Waals surface area contributed by atoms with Gasteiger partial charge in [-0.05, 0) is 36.8 Å². The Hall–Kier alpha value is -2.21. The Kier molecular flexibility index (Phi) is 4.32. The van der Waals surface area contributed by atoms with Gasteiger partial charge < -0.3 is 4.74 Å². The van der Waals surface area contributed by atoms with Crippen LogP contribution in [0.25, 0.3) is 0 Å². The lowest BCUT2D eigenvalue weighted by atomic mass is 9.54. The number of nitrogens with one attached hydrogen (secondary N) is 1. The highest BCUT2D eigenvalue weighted by Crippen LogP contribution is 2.59. The fraction of sp³-hybridized carbons (Fsp3) is 0.522. The normalized spacial score (nSPS) is 35.3. The first-order valence-electron chi connectivity index (χ1n) is 10.4. The number of hydrogen-bond donors (Lipinski definition) is 1. The monoisotopic (exact) mass is 410 g/mol. The van der Waals surface area contributed by atoms with Gasteiger partial charge in [-0.1, -0.05) is 39.0 Å². The van der Waals surface area contributed by atoms with Gasteiger partial charge in [0, 0.05) is 28.2 Å². The number of carbonyl (C=O) groups excluding carboxylic acids is 2. The number of amides is 1. The largest absolute Gasteiger partial charge is 0.461 e. The minimum Gasteiger partial charge on any atom is -0.461 e. The lowest BCUT2D eigenvalue weighted by Gasteiger charge is -2.51. The molecule has 2 aliphatic carbocycles. The van der Waals surface area contributed by atoms with Crippen molar-refractivity contribution in [2.45, 2.75) is 52.1 Å². The van der Waals surface area contributed by atoms with E-state index in [0.29, 0.717) is 16.6 Å². The number of carbonyl (C=O) groups is 2. The van der Waals surface area contributed by atoms with E-state index >= 15 is 0 Å². The second kappa shape index (κ2) is 6.66. The summed E-state index contributed by atoms with van der Waals surface area (Å²) in [6, 6.07) is 9.21. The van der Waals surface area contributed by atoms with E-state index in [1.54, 1.807) is 23.5 Å². The topological polar surface area (TPSA) is 68.3 Å². The number of ether oxygens (including phenoxy) is 1. The summed E-state index contributed by atoms with van der Waals surface area (Å²) < 4.78 is 5.89. The van der Waals surface area contributed by atoms with Gasteiger partial charge in [0.2, 0.25) is 0 Å². The number of benzene rings is 1. The Morgan fingerprint density at radius 1 is 1.24 bits per heavy atom. The van der Waals surface area contributed by atoms with E-state index in [1.807, 2.05) is 25.1 Å². The first kappa shape index (κ1) is 18.8. The summed E-state index contributed by atoms with van der Waals surface area (Å²) in [4.78, 5) is 30.9. The molecule has 1 aromatic carbocycles. The average molecular weight is 411 g/mol. The second-order valence-electron chi connectivity index (χ2n) is 9.19. The van der Waals surface area contributed by atoms with Crippen LogP contribution in [-0.2, 0) is 16.0 Å². The molecule has 5 nitrogen and oxygen atoms in total. The highest BCUT2D eigenvalue weighted by atomic mass is 32.1. The van der Waals surface area contributed by atoms with Crippen LogP contribution in [0, 0.1) is 23.2 Å². The molecule has 6 heteroatoms. The molecule has 1 saturated heterocycles. The van der Waals surface area contributed by atoms with E-state index in [0.717, 1.165) is 25.0 Å². The summed E-state index contributed by atoms with van der Waals surface area (Å²) in [6.07, 6.45) is 3.07. The fourth-order valence-electron chi connectivity index (χ4n) is 5.89. The predicted molar refractivity (Wildman–Crippen MR) is 112 cm³/mol. The molecule has 0 unspecified atom stereocenters. The maximum atomic E-state index is 12.5. The molecule has 1 aliphatic heterocycles. The molecule has 0 spiro atoms. The minimum absolute atomic E-state index is 0.00528. The predicted octanol–water partition coefficient (Wildman–Crippen LogP) is 4.65. The van der Waals surface area contributed by atoms with Crippen LogP contribution < -0.4 is 5.32 Å².